The number of benzene rings is 1. The van der Waals surface area contributed by atoms with Crippen LogP contribution in [0.1, 0.15) is 45.1 Å². The lowest BCUT2D eigenvalue weighted by atomic mass is 10.1. The fraction of sp³-hybridized carbons (Fsp3) is 0.611. The van der Waals surface area contributed by atoms with Crippen LogP contribution in [-0.2, 0) is 15.9 Å². The molecule has 0 saturated heterocycles. The lowest BCUT2D eigenvalue weighted by Crippen LogP contribution is -2.48. The van der Waals surface area contributed by atoms with E-state index < -0.39 is 12.3 Å². The molecule has 0 bridgehead atoms. The van der Waals surface area contributed by atoms with E-state index in [1.54, 1.807) is 7.11 Å². The van der Waals surface area contributed by atoms with Gasteiger partial charge in [0, 0.05) is 16.7 Å². The molecule has 0 aliphatic rings. The number of rotatable bonds is 11. The molecule has 1 amide bonds. The van der Waals surface area contributed by atoms with Crippen LogP contribution in [0.25, 0.3) is 0 Å². The number of halogens is 1. The minimum absolute atomic E-state index is 0.0934. The molecule has 1 N–H and O–H groups in total. The van der Waals surface area contributed by atoms with Crippen LogP contribution in [0.4, 0.5) is 4.79 Å². The third-order valence-corrected chi connectivity index (χ3v) is 4.96. The fourth-order valence-corrected chi connectivity index (χ4v) is 3.30. The Morgan fingerprint density at radius 1 is 1.33 bits per heavy atom. The summed E-state index contributed by atoms with van der Waals surface area (Å²) < 4.78 is 11.8. The number of nitrogens with zero attached hydrogens (tertiary/aromatic N) is 1. The van der Waals surface area contributed by atoms with Gasteiger partial charge in [0.05, 0.1) is 0 Å². The zero-order valence-electron chi connectivity index (χ0n) is 14.7. The van der Waals surface area contributed by atoms with Gasteiger partial charge in [0.15, 0.2) is 0 Å². The summed E-state index contributed by atoms with van der Waals surface area (Å²) in [7, 11) is 1.55. The maximum atomic E-state index is 11.9. The van der Waals surface area contributed by atoms with Gasteiger partial charge >= 0.3 is 6.09 Å². The summed E-state index contributed by atoms with van der Waals surface area (Å²) >= 11 is 2.28. The molecule has 1 rings (SSSR count). The second-order valence-electron chi connectivity index (χ2n) is 5.86. The van der Waals surface area contributed by atoms with Gasteiger partial charge in [-0.05, 0) is 60.4 Å². The minimum Gasteiger partial charge on any atom is -0.465 e. The molecule has 0 saturated carbocycles. The molecule has 0 spiro atoms. The Labute approximate surface area is 158 Å². The van der Waals surface area contributed by atoms with Gasteiger partial charge in [0.2, 0.25) is 0 Å². The lowest BCUT2D eigenvalue weighted by Gasteiger charge is -2.34. The van der Waals surface area contributed by atoms with Crippen LogP contribution in [0.5, 0.6) is 0 Å². The first kappa shape index (κ1) is 21.2. The Kier molecular flexibility index (Phi) is 10.3. The molecule has 0 unspecified atom stereocenters. The third-order valence-electron chi connectivity index (χ3n) is 3.91. The number of unbranched alkanes of at least 4 members (excludes halogenated alkanes) is 2. The van der Waals surface area contributed by atoms with Gasteiger partial charge < -0.3 is 14.6 Å². The average molecular weight is 449 g/mol. The quantitative estimate of drug-likeness (QED) is 0.302. The van der Waals surface area contributed by atoms with Gasteiger partial charge in [0.25, 0.3) is 0 Å². The summed E-state index contributed by atoms with van der Waals surface area (Å²) in [5.41, 5.74) is 1.15. The van der Waals surface area contributed by atoms with Gasteiger partial charge in [-0.2, -0.15) is 0 Å². The van der Waals surface area contributed by atoms with Gasteiger partial charge in [-0.3, -0.25) is 4.90 Å². The molecular formula is C18H28INO4. The fourth-order valence-electron chi connectivity index (χ4n) is 2.69. The maximum absolute atomic E-state index is 11.9. The second kappa shape index (κ2) is 11.7. The highest BCUT2D eigenvalue weighted by molar-refractivity contribution is 14.1. The summed E-state index contributed by atoms with van der Waals surface area (Å²) in [5, 5.41) is 9.72. The van der Waals surface area contributed by atoms with Crippen LogP contribution < -0.4 is 0 Å². The molecular weight excluding hydrogens is 421 g/mol. The Bertz CT molecular complexity index is 498. The van der Waals surface area contributed by atoms with Crippen LogP contribution in [0.15, 0.2) is 24.3 Å². The highest BCUT2D eigenvalue weighted by Gasteiger charge is 2.29. The highest BCUT2D eigenvalue weighted by atomic mass is 127. The number of methoxy groups -OCH3 is 1. The van der Waals surface area contributed by atoms with Gasteiger partial charge in [-0.1, -0.05) is 38.0 Å². The molecule has 2 atom stereocenters. The van der Waals surface area contributed by atoms with E-state index in [1.165, 1.54) is 4.90 Å². The predicted molar refractivity (Wildman–Crippen MR) is 103 cm³/mol. The SMILES string of the molecule is CCCCC[C@H](OCOC)N(C(=O)O)[C@@H](C)Cc1ccccc1I. The first-order valence-electron chi connectivity index (χ1n) is 8.36. The van der Waals surface area contributed by atoms with E-state index in [9.17, 15) is 9.90 Å². The number of amides is 1. The molecule has 1 aromatic carbocycles. The molecule has 24 heavy (non-hydrogen) atoms. The van der Waals surface area contributed by atoms with Crippen molar-refractivity contribution in [2.45, 2.75) is 58.2 Å². The average Bonchev–Trinajstić information content (AvgIpc) is 2.54. The van der Waals surface area contributed by atoms with Crippen molar-refractivity contribution in [1.82, 2.24) is 4.90 Å². The number of ether oxygens (including phenoxy) is 2. The van der Waals surface area contributed by atoms with E-state index in [2.05, 4.69) is 29.5 Å². The summed E-state index contributed by atoms with van der Waals surface area (Å²) in [5.74, 6) is 0. The van der Waals surface area contributed by atoms with E-state index in [-0.39, 0.29) is 12.8 Å². The molecule has 0 aliphatic carbocycles. The summed E-state index contributed by atoms with van der Waals surface area (Å²) in [6, 6.07) is 7.87. The minimum atomic E-state index is -0.953. The second-order valence-corrected chi connectivity index (χ2v) is 7.02. The topological polar surface area (TPSA) is 59.0 Å². The molecule has 0 aliphatic heterocycles. The van der Waals surface area contributed by atoms with E-state index in [0.717, 1.165) is 28.4 Å². The van der Waals surface area contributed by atoms with E-state index >= 15 is 0 Å². The third kappa shape index (κ3) is 6.94. The first-order valence-corrected chi connectivity index (χ1v) is 9.44. The van der Waals surface area contributed by atoms with Crippen LogP contribution in [0.2, 0.25) is 0 Å². The zero-order valence-corrected chi connectivity index (χ0v) is 16.9. The monoisotopic (exact) mass is 449 g/mol. The first-order chi connectivity index (χ1) is 11.5. The molecule has 5 nitrogen and oxygen atoms in total. The van der Waals surface area contributed by atoms with Crippen molar-refractivity contribution in [2.75, 3.05) is 13.9 Å². The largest absolute Gasteiger partial charge is 0.465 e. The van der Waals surface area contributed by atoms with Gasteiger partial charge in [-0.15, -0.1) is 0 Å². The van der Waals surface area contributed by atoms with Crippen LogP contribution in [-0.4, -0.2) is 42.3 Å². The summed E-state index contributed by atoms with van der Waals surface area (Å²) in [6.45, 7) is 4.15. The standard InChI is InChI=1S/C18H28INO4/c1-4-5-6-11-17(24-13-23-3)20(18(21)22)14(2)12-15-9-7-8-10-16(15)19/h7-10,14,17H,4-6,11-13H2,1-3H3,(H,21,22)/t14-,17-/m0/s1. The van der Waals surface area contributed by atoms with E-state index in [0.29, 0.717) is 12.8 Å². The van der Waals surface area contributed by atoms with Crippen LogP contribution >= 0.6 is 22.6 Å². The molecule has 0 heterocycles. The van der Waals surface area contributed by atoms with Gasteiger partial charge in [0.1, 0.15) is 13.0 Å². The van der Waals surface area contributed by atoms with Crippen molar-refractivity contribution in [1.29, 1.82) is 0 Å². The zero-order chi connectivity index (χ0) is 17.9. The Morgan fingerprint density at radius 3 is 2.62 bits per heavy atom. The molecule has 0 aromatic heterocycles. The number of carbonyl (C=O) groups is 1. The maximum Gasteiger partial charge on any atom is 0.409 e. The number of carboxylic acid groups (broad SMARTS) is 1. The van der Waals surface area contributed by atoms with Crippen molar-refractivity contribution in [3.05, 3.63) is 33.4 Å². The highest BCUT2D eigenvalue weighted by Crippen LogP contribution is 2.20. The number of hydrogen-bond acceptors (Lipinski definition) is 3. The Hall–Kier alpha value is -0.860. The molecule has 6 heteroatoms. The van der Waals surface area contributed by atoms with Crippen molar-refractivity contribution < 1.29 is 19.4 Å². The molecule has 0 fully saturated rings. The normalized spacial score (nSPS) is 13.5. The van der Waals surface area contributed by atoms with E-state index in [1.807, 2.05) is 31.2 Å². The Morgan fingerprint density at radius 2 is 2.04 bits per heavy atom. The van der Waals surface area contributed by atoms with Crippen molar-refractivity contribution in [3.63, 3.8) is 0 Å². The van der Waals surface area contributed by atoms with Crippen molar-refractivity contribution >= 4 is 28.7 Å². The summed E-state index contributed by atoms with van der Waals surface area (Å²) in [6.07, 6.45) is 2.99. The number of hydrogen-bond donors (Lipinski definition) is 1. The summed E-state index contributed by atoms with van der Waals surface area (Å²) in [4.78, 5) is 13.3. The molecule has 136 valence electrons. The van der Waals surface area contributed by atoms with Crippen molar-refractivity contribution in [3.8, 4) is 0 Å². The van der Waals surface area contributed by atoms with Crippen LogP contribution in [0, 0.1) is 3.57 Å². The van der Waals surface area contributed by atoms with E-state index in [4.69, 9.17) is 9.47 Å². The smallest absolute Gasteiger partial charge is 0.409 e. The molecule has 0 radical (unpaired) electrons. The Balaban J connectivity index is 2.85. The molecule has 1 aromatic rings. The predicted octanol–water partition coefficient (Wildman–Crippen LogP) is 4.73. The van der Waals surface area contributed by atoms with Crippen molar-refractivity contribution in [2.24, 2.45) is 0 Å². The van der Waals surface area contributed by atoms with Gasteiger partial charge in [-0.25, -0.2) is 4.79 Å². The van der Waals surface area contributed by atoms with Crippen LogP contribution in [0.3, 0.4) is 0 Å². The lowest BCUT2D eigenvalue weighted by molar-refractivity contribution is -0.133.